The third kappa shape index (κ3) is 56.9. The number of aliphatic hydroxyl groups excluding tert-OH is 1. The maximum absolute atomic E-state index is 12.9. The Bertz CT molecular complexity index is 1580. The van der Waals surface area contributed by atoms with Gasteiger partial charge in [0.25, 0.3) is 0 Å². The van der Waals surface area contributed by atoms with Crippen LogP contribution < -0.4 is 0 Å². The van der Waals surface area contributed by atoms with Gasteiger partial charge in [0.05, 0.1) is 26.4 Å². The minimum atomic E-state index is -4.94. The molecule has 19 heteroatoms. The van der Waals surface area contributed by atoms with Crippen LogP contribution in [0.5, 0.6) is 0 Å². The molecule has 0 fully saturated rings. The van der Waals surface area contributed by atoms with E-state index in [1.54, 1.807) is 0 Å². The van der Waals surface area contributed by atoms with E-state index in [2.05, 4.69) is 34.6 Å². The first-order valence-corrected chi connectivity index (χ1v) is 35.6. The molecule has 0 heterocycles. The Morgan fingerprint density at radius 1 is 0.333 bits per heavy atom. The van der Waals surface area contributed by atoms with Gasteiger partial charge in [-0.05, 0) is 31.6 Å². The summed E-state index contributed by atoms with van der Waals surface area (Å²) in [6.45, 7) is 6.96. The molecular formula is C62H120O17P2. The van der Waals surface area contributed by atoms with E-state index in [1.165, 1.54) is 109 Å². The van der Waals surface area contributed by atoms with Gasteiger partial charge in [-0.25, -0.2) is 9.13 Å². The highest BCUT2D eigenvalue weighted by Gasteiger charge is 2.30. The fourth-order valence-corrected chi connectivity index (χ4v) is 10.8. The van der Waals surface area contributed by atoms with E-state index in [0.717, 1.165) is 116 Å². The molecule has 0 radical (unpaired) electrons. The van der Waals surface area contributed by atoms with Crippen LogP contribution in [0.1, 0.15) is 311 Å². The monoisotopic (exact) mass is 1200 g/mol. The van der Waals surface area contributed by atoms with E-state index >= 15 is 0 Å². The van der Waals surface area contributed by atoms with Crippen molar-refractivity contribution in [3.05, 3.63) is 0 Å². The summed E-state index contributed by atoms with van der Waals surface area (Å²) in [7, 11) is -9.87. The lowest BCUT2D eigenvalue weighted by Gasteiger charge is -2.21. The molecule has 0 aliphatic heterocycles. The zero-order valence-electron chi connectivity index (χ0n) is 51.9. The highest BCUT2D eigenvalue weighted by Crippen LogP contribution is 2.45. The summed E-state index contributed by atoms with van der Waals surface area (Å²) in [5.74, 6) is -1.48. The number of aliphatic hydroxyl groups is 1. The number of rotatable bonds is 62. The van der Waals surface area contributed by atoms with Gasteiger partial charge in [0, 0.05) is 25.7 Å². The van der Waals surface area contributed by atoms with Crippen molar-refractivity contribution in [1.82, 2.24) is 0 Å². The van der Waals surface area contributed by atoms with Crippen LogP contribution in [0.2, 0.25) is 0 Å². The highest BCUT2D eigenvalue weighted by atomic mass is 31.2. The van der Waals surface area contributed by atoms with Gasteiger partial charge >= 0.3 is 39.5 Å². The lowest BCUT2D eigenvalue weighted by molar-refractivity contribution is -0.161. The normalized spacial score (nSPS) is 14.3. The first kappa shape index (κ1) is 79.1. The lowest BCUT2D eigenvalue weighted by Crippen LogP contribution is -2.30. The largest absolute Gasteiger partial charge is 0.472 e. The van der Waals surface area contributed by atoms with Crippen molar-refractivity contribution >= 4 is 39.5 Å². The number of phosphoric ester groups is 2. The SMILES string of the molecule is CCCCCCCCCCCCCCCCCCCCCCC(=O)O[C@H](COC(=O)CCCCCCCCC(C)C)COP(=O)(O)OC[C@@H](O)COP(=O)(O)OC[C@@H](COC(=O)CCCCCCC)OC(=O)CCCCCCCCC. The number of esters is 4. The van der Waals surface area contributed by atoms with Gasteiger partial charge in [-0.2, -0.15) is 0 Å². The van der Waals surface area contributed by atoms with Crippen LogP contribution >= 0.6 is 15.6 Å². The van der Waals surface area contributed by atoms with E-state index in [-0.39, 0.29) is 25.7 Å². The number of hydrogen-bond donors (Lipinski definition) is 3. The second-order valence-electron chi connectivity index (χ2n) is 22.9. The van der Waals surface area contributed by atoms with Crippen molar-refractivity contribution in [3.8, 4) is 0 Å². The van der Waals surface area contributed by atoms with Crippen LogP contribution in [0, 0.1) is 5.92 Å². The summed E-state index contributed by atoms with van der Waals surface area (Å²) in [6.07, 6.45) is 39.8. The molecule has 0 rings (SSSR count). The van der Waals surface area contributed by atoms with Gasteiger partial charge in [-0.1, -0.05) is 259 Å². The molecule has 0 aromatic heterocycles. The molecule has 0 spiro atoms. The summed E-state index contributed by atoms with van der Waals surface area (Å²) in [5, 5.41) is 10.5. The molecule has 17 nitrogen and oxygen atoms in total. The molecular weight excluding hydrogens is 1080 g/mol. The third-order valence-electron chi connectivity index (χ3n) is 14.3. The molecule has 0 aromatic carbocycles. The third-order valence-corrected chi connectivity index (χ3v) is 16.2. The molecule has 81 heavy (non-hydrogen) atoms. The topological polar surface area (TPSA) is 237 Å². The second kappa shape index (κ2) is 55.9. The van der Waals surface area contributed by atoms with Crippen molar-refractivity contribution in [2.75, 3.05) is 39.6 Å². The summed E-state index contributed by atoms with van der Waals surface area (Å²) < 4.78 is 67.5. The molecule has 0 saturated carbocycles. The number of carbonyl (C=O) groups is 4. The summed E-state index contributed by atoms with van der Waals surface area (Å²) in [4.78, 5) is 71.6. The van der Waals surface area contributed by atoms with Crippen LogP contribution in [0.3, 0.4) is 0 Å². The molecule has 5 atom stereocenters. The van der Waals surface area contributed by atoms with Crippen molar-refractivity contribution < 1.29 is 80.2 Å². The van der Waals surface area contributed by atoms with Crippen LogP contribution in [0.25, 0.3) is 0 Å². The number of ether oxygens (including phenoxy) is 4. The van der Waals surface area contributed by atoms with Crippen molar-refractivity contribution in [1.29, 1.82) is 0 Å². The molecule has 0 aliphatic rings. The Labute approximate surface area is 492 Å². The highest BCUT2D eigenvalue weighted by molar-refractivity contribution is 7.47. The minimum Gasteiger partial charge on any atom is -0.462 e. The van der Waals surface area contributed by atoms with Gasteiger partial charge in [-0.15, -0.1) is 0 Å². The molecule has 0 aromatic rings. The van der Waals surface area contributed by atoms with Crippen LogP contribution in [-0.2, 0) is 65.4 Å². The Morgan fingerprint density at radius 2 is 0.568 bits per heavy atom. The molecule has 0 saturated heterocycles. The van der Waals surface area contributed by atoms with Gasteiger partial charge in [0.1, 0.15) is 19.3 Å². The standard InChI is InChI=1S/C62H120O17P2/c1-6-9-12-15-17-18-19-20-21-22-23-24-25-26-27-28-29-31-38-43-48-62(67)79-58(52-73-60(65)46-41-36-33-32-35-39-44-55(4)5)54-77-81(70,71)75-50-56(63)49-74-80(68,69)76-53-57(51-72-59(64)45-40-34-14-11-8-3)78-61(66)47-42-37-30-16-13-10-7-2/h55-58,63H,6-54H2,1-5H3,(H,68,69)(H,70,71)/t56-,57+,58+/m0/s1. The Morgan fingerprint density at radius 3 is 0.840 bits per heavy atom. The first-order chi connectivity index (χ1) is 39.0. The summed E-state index contributed by atoms with van der Waals surface area (Å²) >= 11 is 0. The van der Waals surface area contributed by atoms with E-state index < -0.39 is 97.5 Å². The second-order valence-corrected chi connectivity index (χ2v) is 25.8. The predicted octanol–water partition coefficient (Wildman–Crippen LogP) is 17.0. The van der Waals surface area contributed by atoms with Crippen LogP contribution in [0.4, 0.5) is 0 Å². The predicted molar refractivity (Wildman–Crippen MR) is 322 cm³/mol. The van der Waals surface area contributed by atoms with Gasteiger partial charge in [0.2, 0.25) is 0 Å². The zero-order chi connectivity index (χ0) is 59.9. The molecule has 3 N–H and O–H groups in total. The average Bonchev–Trinajstić information content (AvgIpc) is 3.43. The van der Waals surface area contributed by atoms with E-state index in [0.29, 0.717) is 31.6 Å². The zero-order valence-corrected chi connectivity index (χ0v) is 53.7. The van der Waals surface area contributed by atoms with Crippen molar-refractivity contribution in [2.24, 2.45) is 5.92 Å². The molecule has 0 aliphatic carbocycles. The fourth-order valence-electron chi connectivity index (χ4n) is 9.23. The maximum Gasteiger partial charge on any atom is 0.472 e. The molecule has 0 amide bonds. The first-order valence-electron chi connectivity index (χ1n) is 32.6. The summed E-state index contributed by atoms with van der Waals surface area (Å²) in [6, 6.07) is 0. The number of unbranched alkanes of at least 4 members (excludes halogenated alkanes) is 34. The van der Waals surface area contributed by atoms with Crippen molar-refractivity contribution in [2.45, 2.75) is 329 Å². The van der Waals surface area contributed by atoms with Gasteiger partial charge < -0.3 is 33.8 Å². The number of hydrogen-bond acceptors (Lipinski definition) is 15. The molecule has 0 bridgehead atoms. The summed E-state index contributed by atoms with van der Waals surface area (Å²) in [5.41, 5.74) is 0. The Kier molecular flexibility index (Phi) is 54.6. The van der Waals surface area contributed by atoms with Crippen LogP contribution in [-0.4, -0.2) is 96.7 Å². The quantitative estimate of drug-likeness (QED) is 0.0222. The average molecular weight is 1200 g/mol. The van der Waals surface area contributed by atoms with Gasteiger partial charge in [0.15, 0.2) is 12.2 Å². The number of phosphoric acid groups is 2. The van der Waals surface area contributed by atoms with Crippen LogP contribution in [0.15, 0.2) is 0 Å². The Balaban J connectivity index is 5.05. The van der Waals surface area contributed by atoms with Gasteiger partial charge in [-0.3, -0.25) is 37.3 Å². The molecule has 480 valence electrons. The van der Waals surface area contributed by atoms with E-state index in [1.807, 2.05) is 0 Å². The Hall–Kier alpha value is -1.94. The molecule has 2 unspecified atom stereocenters. The van der Waals surface area contributed by atoms with Crippen molar-refractivity contribution in [3.63, 3.8) is 0 Å². The fraction of sp³-hybridized carbons (Fsp3) is 0.935. The van der Waals surface area contributed by atoms with E-state index in [4.69, 9.17) is 37.0 Å². The maximum atomic E-state index is 12.9. The smallest absolute Gasteiger partial charge is 0.462 e. The minimum absolute atomic E-state index is 0.103. The van der Waals surface area contributed by atoms with E-state index in [9.17, 15) is 43.2 Å². The lowest BCUT2D eigenvalue weighted by atomic mass is 10.0. The number of carbonyl (C=O) groups excluding carboxylic acids is 4.